The Labute approximate surface area is 137 Å². The molecule has 0 saturated carbocycles. The van der Waals surface area contributed by atoms with Crippen molar-refractivity contribution in [3.05, 3.63) is 56.7 Å². The molecule has 2 heterocycles. The highest BCUT2D eigenvalue weighted by molar-refractivity contribution is 7.13. The monoisotopic (exact) mass is 333 g/mol. The Bertz CT molecular complexity index is 956. The minimum atomic E-state index is -0.694. The summed E-state index contributed by atoms with van der Waals surface area (Å²) in [6.07, 6.45) is 0.614. The Morgan fingerprint density at radius 3 is 2.48 bits per heavy atom. The molecule has 0 amide bonds. The molecule has 2 nitrogen and oxygen atoms in total. The van der Waals surface area contributed by atoms with E-state index in [0.29, 0.717) is 17.8 Å². The number of pyridine rings is 1. The van der Waals surface area contributed by atoms with Gasteiger partial charge in [0.05, 0.1) is 16.5 Å². The zero-order valence-corrected chi connectivity index (χ0v) is 14.1. The molecule has 5 heteroatoms. The predicted molar refractivity (Wildman–Crippen MR) is 91.2 cm³/mol. The summed E-state index contributed by atoms with van der Waals surface area (Å²) in [5.74, 6) is -1.35. The van der Waals surface area contributed by atoms with Gasteiger partial charge in [-0.3, -0.25) is 4.79 Å². The van der Waals surface area contributed by atoms with Gasteiger partial charge in [-0.15, -0.1) is 11.3 Å². The third-order valence-electron chi connectivity index (χ3n) is 4.03. The van der Waals surface area contributed by atoms with Crippen molar-refractivity contribution >= 4 is 22.2 Å². The molecule has 0 aliphatic carbocycles. The van der Waals surface area contributed by atoms with Crippen molar-refractivity contribution in [2.24, 2.45) is 0 Å². The molecule has 0 atom stereocenters. The quantitative estimate of drug-likeness (QED) is 0.668. The predicted octanol–water partition coefficient (Wildman–Crippen LogP) is 4.90. The fourth-order valence-electron chi connectivity index (χ4n) is 2.95. The van der Waals surface area contributed by atoms with Gasteiger partial charge in [-0.05, 0) is 43.3 Å². The molecule has 0 N–H and O–H groups in total. The van der Waals surface area contributed by atoms with Crippen molar-refractivity contribution in [2.75, 3.05) is 0 Å². The molecule has 0 spiro atoms. The number of hydrogen-bond acceptors (Lipinski definition) is 2. The molecule has 0 saturated heterocycles. The van der Waals surface area contributed by atoms with Gasteiger partial charge in [0, 0.05) is 23.2 Å². The van der Waals surface area contributed by atoms with Crippen LogP contribution in [0.25, 0.3) is 21.3 Å². The van der Waals surface area contributed by atoms with Crippen LogP contribution in [0.1, 0.15) is 25.1 Å². The summed E-state index contributed by atoms with van der Waals surface area (Å²) in [4.78, 5) is 12.8. The molecule has 23 heavy (non-hydrogen) atoms. The van der Waals surface area contributed by atoms with E-state index in [2.05, 4.69) is 0 Å². The summed E-state index contributed by atoms with van der Waals surface area (Å²) in [6.45, 7) is 6.21. The van der Waals surface area contributed by atoms with Crippen molar-refractivity contribution in [2.45, 2.75) is 33.7 Å². The van der Waals surface area contributed by atoms with Crippen LogP contribution in [0.4, 0.5) is 8.78 Å². The standard InChI is InChI=1S/C18H17F2NOS/c1-4-11-7-14(22)12-8-13(19)16(15-6-10(3)9-23-15)17(20)18(12)21(11)5-2/h6-9H,4-5H2,1-3H3. The van der Waals surface area contributed by atoms with Gasteiger partial charge >= 0.3 is 0 Å². The first-order valence-electron chi connectivity index (χ1n) is 7.57. The van der Waals surface area contributed by atoms with E-state index >= 15 is 4.39 Å². The second kappa shape index (κ2) is 5.89. The van der Waals surface area contributed by atoms with E-state index in [0.717, 1.165) is 17.3 Å². The number of benzene rings is 1. The van der Waals surface area contributed by atoms with Crippen LogP contribution in [0.5, 0.6) is 0 Å². The first kappa shape index (κ1) is 15.9. The van der Waals surface area contributed by atoms with E-state index in [1.54, 1.807) is 10.6 Å². The van der Waals surface area contributed by atoms with Crippen LogP contribution in [-0.2, 0) is 13.0 Å². The van der Waals surface area contributed by atoms with Crippen LogP contribution in [0.2, 0.25) is 0 Å². The minimum absolute atomic E-state index is 0.0505. The van der Waals surface area contributed by atoms with Crippen LogP contribution in [0.3, 0.4) is 0 Å². The summed E-state index contributed by atoms with van der Waals surface area (Å²) in [5, 5.41) is 1.95. The lowest BCUT2D eigenvalue weighted by atomic mass is 10.1. The largest absolute Gasteiger partial charge is 0.342 e. The van der Waals surface area contributed by atoms with Gasteiger partial charge in [0.25, 0.3) is 0 Å². The molecule has 2 aromatic heterocycles. The highest BCUT2D eigenvalue weighted by Gasteiger charge is 2.21. The molecule has 0 aliphatic heterocycles. The number of hydrogen-bond donors (Lipinski definition) is 0. The smallest absolute Gasteiger partial charge is 0.189 e. The van der Waals surface area contributed by atoms with Crippen LogP contribution in [-0.4, -0.2) is 4.57 Å². The van der Waals surface area contributed by atoms with Gasteiger partial charge in [-0.1, -0.05) is 6.92 Å². The number of rotatable bonds is 3. The van der Waals surface area contributed by atoms with Gasteiger partial charge in [-0.2, -0.15) is 0 Å². The van der Waals surface area contributed by atoms with Gasteiger partial charge in [0.2, 0.25) is 0 Å². The van der Waals surface area contributed by atoms with Crippen LogP contribution in [0.15, 0.2) is 28.4 Å². The first-order chi connectivity index (χ1) is 11.0. The topological polar surface area (TPSA) is 22.0 Å². The number of aryl methyl sites for hydroxylation is 3. The second-order valence-electron chi connectivity index (χ2n) is 5.53. The lowest BCUT2D eigenvalue weighted by Gasteiger charge is -2.16. The molecule has 0 fully saturated rings. The third kappa shape index (κ3) is 2.49. The summed E-state index contributed by atoms with van der Waals surface area (Å²) in [6, 6.07) is 4.40. The fourth-order valence-corrected chi connectivity index (χ4v) is 3.89. The van der Waals surface area contributed by atoms with Crippen molar-refractivity contribution < 1.29 is 8.78 Å². The fraction of sp³-hybridized carbons (Fsp3) is 0.278. The number of aromatic nitrogens is 1. The maximum atomic E-state index is 15.2. The maximum absolute atomic E-state index is 15.2. The van der Waals surface area contributed by atoms with Crippen LogP contribution in [0, 0.1) is 18.6 Å². The first-order valence-corrected chi connectivity index (χ1v) is 8.45. The van der Waals surface area contributed by atoms with Crippen molar-refractivity contribution in [3.8, 4) is 10.4 Å². The molecule has 0 unspecified atom stereocenters. The second-order valence-corrected chi connectivity index (χ2v) is 6.44. The number of nitrogens with zero attached hydrogens (tertiary/aromatic N) is 1. The summed E-state index contributed by atoms with van der Waals surface area (Å²) >= 11 is 1.30. The Morgan fingerprint density at radius 1 is 1.17 bits per heavy atom. The Kier molecular flexibility index (Phi) is 4.06. The Balaban J connectivity index is 2.48. The SMILES string of the molecule is CCc1cc(=O)c2cc(F)c(-c3cc(C)cs3)c(F)c2n1CC. The molecule has 1 aromatic carbocycles. The average molecular weight is 333 g/mol. The summed E-state index contributed by atoms with van der Waals surface area (Å²) in [7, 11) is 0. The average Bonchev–Trinajstić information content (AvgIpc) is 2.93. The van der Waals surface area contributed by atoms with E-state index in [-0.39, 0.29) is 21.9 Å². The lowest BCUT2D eigenvalue weighted by molar-refractivity contribution is 0.588. The molecular weight excluding hydrogens is 316 g/mol. The lowest BCUT2D eigenvalue weighted by Crippen LogP contribution is -2.15. The number of thiophene rings is 1. The van der Waals surface area contributed by atoms with E-state index in [1.165, 1.54) is 17.4 Å². The van der Waals surface area contributed by atoms with Crippen molar-refractivity contribution in [1.82, 2.24) is 4.57 Å². The highest BCUT2D eigenvalue weighted by atomic mass is 32.1. The Hall–Kier alpha value is -2.01. The normalized spacial score (nSPS) is 11.3. The van der Waals surface area contributed by atoms with Crippen LogP contribution < -0.4 is 5.43 Å². The number of fused-ring (bicyclic) bond motifs is 1. The zero-order valence-electron chi connectivity index (χ0n) is 13.2. The molecule has 3 aromatic rings. The Morgan fingerprint density at radius 2 is 1.91 bits per heavy atom. The number of halogens is 2. The summed E-state index contributed by atoms with van der Waals surface area (Å²) in [5.41, 5.74) is 1.51. The van der Waals surface area contributed by atoms with Gasteiger partial charge in [0.1, 0.15) is 5.82 Å². The van der Waals surface area contributed by atoms with Gasteiger partial charge in [-0.25, -0.2) is 8.78 Å². The van der Waals surface area contributed by atoms with Gasteiger partial charge in [0.15, 0.2) is 11.2 Å². The third-order valence-corrected chi connectivity index (χ3v) is 5.09. The maximum Gasteiger partial charge on any atom is 0.189 e. The molecule has 0 aliphatic rings. The van der Waals surface area contributed by atoms with Crippen molar-refractivity contribution in [3.63, 3.8) is 0 Å². The highest BCUT2D eigenvalue weighted by Crippen LogP contribution is 2.35. The minimum Gasteiger partial charge on any atom is -0.342 e. The molecule has 0 bridgehead atoms. The molecule has 3 rings (SSSR count). The van der Waals surface area contributed by atoms with Crippen LogP contribution >= 0.6 is 11.3 Å². The van der Waals surface area contributed by atoms with E-state index in [4.69, 9.17) is 0 Å². The zero-order chi connectivity index (χ0) is 16.7. The molecular formula is C18H17F2NOS. The summed E-state index contributed by atoms with van der Waals surface area (Å²) < 4.78 is 31.4. The van der Waals surface area contributed by atoms with Crippen molar-refractivity contribution in [1.29, 1.82) is 0 Å². The molecule has 0 radical (unpaired) electrons. The van der Waals surface area contributed by atoms with E-state index < -0.39 is 11.6 Å². The van der Waals surface area contributed by atoms with Gasteiger partial charge < -0.3 is 4.57 Å². The van der Waals surface area contributed by atoms with E-state index in [9.17, 15) is 9.18 Å². The van der Waals surface area contributed by atoms with E-state index in [1.807, 2.05) is 26.2 Å². The molecule has 120 valence electrons.